The van der Waals surface area contributed by atoms with E-state index in [9.17, 15) is 13.6 Å². The summed E-state index contributed by atoms with van der Waals surface area (Å²) >= 11 is 0. The van der Waals surface area contributed by atoms with Crippen LogP contribution in [0.2, 0.25) is 0 Å². The number of benzene rings is 1. The lowest BCUT2D eigenvalue weighted by atomic mass is 10.1. The summed E-state index contributed by atoms with van der Waals surface area (Å²) in [5.74, 6) is -3.19. The lowest BCUT2D eigenvalue weighted by Gasteiger charge is -2.15. The third kappa shape index (κ3) is 2.47. The van der Waals surface area contributed by atoms with Gasteiger partial charge < -0.3 is 10.2 Å². The standard InChI is InChI=1S/C14H17F2N3O/c1-19-5-4-9-2-3-10(6-12(9)19)18-13(20)11-7-14(15,16)8-17-11/h2-3,6,11,17H,4-5,7-8H2,1H3,(H,18,20). The zero-order valence-electron chi connectivity index (χ0n) is 11.2. The fourth-order valence-electron chi connectivity index (χ4n) is 2.75. The van der Waals surface area contributed by atoms with Gasteiger partial charge in [0.15, 0.2) is 0 Å². The molecule has 3 rings (SSSR count). The van der Waals surface area contributed by atoms with Gasteiger partial charge in [-0.3, -0.25) is 10.1 Å². The SMILES string of the molecule is CN1CCc2ccc(NC(=O)C3CC(F)(F)CN3)cc21. The number of nitrogens with one attached hydrogen (secondary N) is 2. The van der Waals surface area contributed by atoms with Crippen molar-refractivity contribution in [2.24, 2.45) is 0 Å². The molecule has 6 heteroatoms. The predicted octanol–water partition coefficient (Wildman–Crippen LogP) is 1.61. The van der Waals surface area contributed by atoms with E-state index in [0.717, 1.165) is 18.7 Å². The van der Waals surface area contributed by atoms with Gasteiger partial charge in [-0.1, -0.05) is 6.07 Å². The molecule has 0 radical (unpaired) electrons. The van der Waals surface area contributed by atoms with Gasteiger partial charge in [-0.05, 0) is 24.1 Å². The molecule has 0 spiro atoms. The summed E-state index contributed by atoms with van der Waals surface area (Å²) in [5.41, 5.74) is 2.99. The van der Waals surface area contributed by atoms with E-state index in [-0.39, 0.29) is 0 Å². The molecule has 0 aliphatic carbocycles. The number of hydrogen-bond acceptors (Lipinski definition) is 3. The van der Waals surface area contributed by atoms with Gasteiger partial charge in [0.05, 0.1) is 12.6 Å². The molecule has 1 atom stereocenters. The minimum Gasteiger partial charge on any atom is -0.374 e. The van der Waals surface area contributed by atoms with Crippen molar-refractivity contribution >= 4 is 17.3 Å². The van der Waals surface area contributed by atoms with E-state index in [1.165, 1.54) is 5.56 Å². The van der Waals surface area contributed by atoms with Crippen LogP contribution < -0.4 is 15.5 Å². The molecular formula is C14H17F2N3O. The Morgan fingerprint density at radius 2 is 2.30 bits per heavy atom. The van der Waals surface area contributed by atoms with Crippen molar-refractivity contribution in [2.75, 3.05) is 30.4 Å². The number of rotatable bonds is 2. The lowest BCUT2D eigenvalue weighted by molar-refractivity contribution is -0.118. The number of anilines is 2. The summed E-state index contributed by atoms with van der Waals surface area (Å²) in [7, 11) is 2.00. The quantitative estimate of drug-likeness (QED) is 0.865. The van der Waals surface area contributed by atoms with E-state index in [0.29, 0.717) is 5.69 Å². The summed E-state index contributed by atoms with van der Waals surface area (Å²) < 4.78 is 26.2. The van der Waals surface area contributed by atoms with E-state index < -0.39 is 30.8 Å². The van der Waals surface area contributed by atoms with Crippen LogP contribution in [0.15, 0.2) is 18.2 Å². The van der Waals surface area contributed by atoms with Crippen LogP contribution in [0.4, 0.5) is 20.2 Å². The summed E-state index contributed by atoms with van der Waals surface area (Å²) in [6.07, 6.45) is 0.556. The second kappa shape index (κ2) is 4.70. The molecule has 2 heterocycles. The molecule has 108 valence electrons. The van der Waals surface area contributed by atoms with Crippen molar-refractivity contribution in [3.63, 3.8) is 0 Å². The van der Waals surface area contributed by atoms with Gasteiger partial charge in [0.1, 0.15) is 0 Å². The second-order valence-corrected chi connectivity index (χ2v) is 5.50. The largest absolute Gasteiger partial charge is 0.374 e. The monoisotopic (exact) mass is 281 g/mol. The van der Waals surface area contributed by atoms with Crippen LogP contribution in [0.1, 0.15) is 12.0 Å². The number of hydrogen-bond donors (Lipinski definition) is 2. The van der Waals surface area contributed by atoms with Gasteiger partial charge in [-0.2, -0.15) is 0 Å². The zero-order valence-corrected chi connectivity index (χ0v) is 11.2. The van der Waals surface area contributed by atoms with Gasteiger partial charge in [0.25, 0.3) is 5.92 Å². The van der Waals surface area contributed by atoms with Gasteiger partial charge in [-0.15, -0.1) is 0 Å². The molecule has 0 aromatic heterocycles. The van der Waals surface area contributed by atoms with Gasteiger partial charge >= 0.3 is 0 Å². The number of likely N-dealkylation sites (N-methyl/N-ethyl adjacent to an activating group) is 1. The average Bonchev–Trinajstić information content (AvgIpc) is 2.93. The van der Waals surface area contributed by atoms with Gasteiger partial charge in [0, 0.05) is 31.4 Å². The normalized spacial score (nSPS) is 23.8. The first-order valence-corrected chi connectivity index (χ1v) is 6.71. The van der Waals surface area contributed by atoms with Crippen molar-refractivity contribution in [1.29, 1.82) is 0 Å². The molecule has 1 aromatic rings. The number of carbonyl (C=O) groups excluding carboxylic acids is 1. The van der Waals surface area contributed by atoms with Crippen molar-refractivity contribution < 1.29 is 13.6 Å². The molecule has 1 fully saturated rings. The third-order valence-corrected chi connectivity index (χ3v) is 3.91. The minimum atomic E-state index is -2.79. The molecule has 20 heavy (non-hydrogen) atoms. The molecule has 2 N–H and O–H groups in total. The molecule has 4 nitrogen and oxygen atoms in total. The van der Waals surface area contributed by atoms with Gasteiger partial charge in [0.2, 0.25) is 5.91 Å². The highest BCUT2D eigenvalue weighted by Crippen LogP contribution is 2.30. The van der Waals surface area contributed by atoms with Crippen LogP contribution in [-0.4, -0.2) is 38.0 Å². The number of halogens is 2. The van der Waals surface area contributed by atoms with E-state index in [1.807, 2.05) is 25.2 Å². The van der Waals surface area contributed by atoms with E-state index in [1.54, 1.807) is 0 Å². The summed E-state index contributed by atoms with van der Waals surface area (Å²) in [6.45, 7) is 0.529. The highest BCUT2D eigenvalue weighted by atomic mass is 19.3. The molecule has 2 aliphatic rings. The Balaban J connectivity index is 1.69. The van der Waals surface area contributed by atoms with Crippen LogP contribution in [0.25, 0.3) is 0 Å². The van der Waals surface area contributed by atoms with Crippen molar-refractivity contribution in [2.45, 2.75) is 24.8 Å². The molecule has 1 aromatic carbocycles. The molecule has 0 bridgehead atoms. The zero-order chi connectivity index (χ0) is 14.3. The maximum Gasteiger partial charge on any atom is 0.262 e. The van der Waals surface area contributed by atoms with Crippen LogP contribution >= 0.6 is 0 Å². The third-order valence-electron chi connectivity index (χ3n) is 3.91. The Morgan fingerprint density at radius 1 is 1.50 bits per heavy atom. The van der Waals surface area contributed by atoms with Crippen LogP contribution in [0.3, 0.4) is 0 Å². The van der Waals surface area contributed by atoms with Crippen LogP contribution in [0.5, 0.6) is 0 Å². The van der Waals surface area contributed by atoms with Crippen molar-refractivity contribution in [3.8, 4) is 0 Å². The van der Waals surface area contributed by atoms with Crippen molar-refractivity contribution in [1.82, 2.24) is 5.32 Å². The maximum atomic E-state index is 13.1. The number of amides is 1. The topological polar surface area (TPSA) is 44.4 Å². The van der Waals surface area contributed by atoms with E-state index in [4.69, 9.17) is 0 Å². The predicted molar refractivity (Wildman–Crippen MR) is 73.4 cm³/mol. The number of alkyl halides is 2. The second-order valence-electron chi connectivity index (χ2n) is 5.50. The molecule has 1 saturated heterocycles. The van der Waals surface area contributed by atoms with Gasteiger partial charge in [-0.25, -0.2) is 8.78 Å². The van der Waals surface area contributed by atoms with E-state index in [2.05, 4.69) is 15.5 Å². The summed E-state index contributed by atoms with van der Waals surface area (Å²) in [6, 6.07) is 4.87. The first-order chi connectivity index (χ1) is 9.44. The number of nitrogens with zero attached hydrogens (tertiary/aromatic N) is 1. The Morgan fingerprint density at radius 3 is 3.00 bits per heavy atom. The molecular weight excluding hydrogens is 264 g/mol. The number of carbonyl (C=O) groups is 1. The Labute approximate surface area is 116 Å². The fourth-order valence-corrected chi connectivity index (χ4v) is 2.75. The van der Waals surface area contributed by atoms with Crippen molar-refractivity contribution in [3.05, 3.63) is 23.8 Å². The van der Waals surface area contributed by atoms with Crippen LogP contribution in [-0.2, 0) is 11.2 Å². The first-order valence-electron chi connectivity index (χ1n) is 6.71. The Kier molecular flexibility index (Phi) is 3.12. The first kappa shape index (κ1) is 13.3. The molecule has 0 saturated carbocycles. The average molecular weight is 281 g/mol. The maximum absolute atomic E-state index is 13.1. The Bertz CT molecular complexity index is 547. The molecule has 1 amide bonds. The lowest BCUT2D eigenvalue weighted by Crippen LogP contribution is -2.35. The van der Waals surface area contributed by atoms with Crippen LogP contribution in [0, 0.1) is 0 Å². The Hall–Kier alpha value is -1.69. The number of fused-ring (bicyclic) bond motifs is 1. The smallest absolute Gasteiger partial charge is 0.262 e. The molecule has 1 unspecified atom stereocenters. The molecule has 2 aliphatic heterocycles. The minimum absolute atomic E-state index is 0.400. The highest BCUT2D eigenvalue weighted by Gasteiger charge is 2.42. The fraction of sp³-hybridized carbons (Fsp3) is 0.500. The highest BCUT2D eigenvalue weighted by molar-refractivity contribution is 5.95. The summed E-state index contributed by atoms with van der Waals surface area (Å²) in [4.78, 5) is 14.1. The van der Waals surface area contributed by atoms with E-state index >= 15 is 0 Å². The summed E-state index contributed by atoms with van der Waals surface area (Å²) in [5, 5.41) is 5.27.